The normalized spacial score (nSPS) is 17.3. The lowest BCUT2D eigenvalue weighted by Gasteiger charge is -2.29. The molecule has 1 fully saturated rings. The molecule has 1 aliphatic heterocycles. The number of carbonyl (C=O) groups excluding carboxylic acids is 1. The Kier molecular flexibility index (Phi) is 7.65. The van der Waals surface area contributed by atoms with Crippen molar-refractivity contribution in [2.24, 2.45) is 7.05 Å². The summed E-state index contributed by atoms with van der Waals surface area (Å²) >= 11 is 3.45. The van der Waals surface area contributed by atoms with Gasteiger partial charge in [-0.25, -0.2) is 4.79 Å². The molecule has 1 atom stereocenters. The molecule has 198 valence electrons. The molecule has 2 aromatic carbocycles. The van der Waals surface area contributed by atoms with Crippen LogP contribution in [0.2, 0.25) is 0 Å². The number of hydrogen-bond donors (Lipinski definition) is 1. The van der Waals surface area contributed by atoms with E-state index in [-0.39, 0.29) is 12.3 Å². The van der Waals surface area contributed by atoms with Crippen molar-refractivity contribution in [2.45, 2.75) is 57.3 Å². The number of ether oxygens (including phenoxy) is 1. The first-order valence-electron chi connectivity index (χ1n) is 13.0. The Bertz CT molecular complexity index is 1390. The van der Waals surface area contributed by atoms with E-state index in [0.717, 1.165) is 53.7 Å². The number of nitro benzene ring substituents is 1. The number of non-ortho nitro benzene ring substituents is 1. The molecule has 9 heteroatoms. The van der Waals surface area contributed by atoms with Crippen LogP contribution in [0.15, 0.2) is 64.3 Å². The van der Waals surface area contributed by atoms with E-state index in [2.05, 4.69) is 33.4 Å². The minimum Gasteiger partial charge on any atom is -0.462 e. The number of fused-ring (bicyclic) bond motifs is 1. The zero-order chi connectivity index (χ0) is 26.8. The molecule has 1 saturated carbocycles. The van der Waals surface area contributed by atoms with E-state index in [1.54, 1.807) is 12.1 Å². The molecule has 0 bridgehead atoms. The van der Waals surface area contributed by atoms with Crippen LogP contribution in [0.1, 0.15) is 73.2 Å². The number of benzene rings is 2. The predicted molar refractivity (Wildman–Crippen MR) is 149 cm³/mol. The summed E-state index contributed by atoms with van der Waals surface area (Å²) in [6.45, 7) is 2.14. The van der Waals surface area contributed by atoms with Gasteiger partial charge in [-0.3, -0.25) is 14.8 Å². The Labute approximate surface area is 230 Å². The number of halogens is 1. The second-order valence-electron chi connectivity index (χ2n) is 10.1. The molecule has 0 saturated heterocycles. The number of carbonyl (C=O) groups is 1. The van der Waals surface area contributed by atoms with E-state index in [9.17, 15) is 14.9 Å². The SMILES string of the molecule is CC1=C(C(=O)OCCCc2ccc(Br)cc2)C(c2cccc([N+](=O)[O-])c2)c2c(C3CCCC3)nn(C)c2N1. The summed E-state index contributed by atoms with van der Waals surface area (Å²) in [5, 5.41) is 19.9. The lowest BCUT2D eigenvalue weighted by molar-refractivity contribution is -0.384. The maximum absolute atomic E-state index is 13.6. The average Bonchev–Trinajstić information content (AvgIpc) is 3.55. The highest BCUT2D eigenvalue weighted by molar-refractivity contribution is 9.10. The van der Waals surface area contributed by atoms with Gasteiger partial charge in [0, 0.05) is 46.7 Å². The predicted octanol–water partition coefficient (Wildman–Crippen LogP) is 6.76. The monoisotopic (exact) mass is 578 g/mol. The number of aromatic nitrogens is 2. The van der Waals surface area contributed by atoms with Crippen LogP contribution in [0.3, 0.4) is 0 Å². The van der Waals surface area contributed by atoms with E-state index in [0.29, 0.717) is 29.2 Å². The molecule has 8 nitrogen and oxygen atoms in total. The number of nitro groups is 1. The van der Waals surface area contributed by atoms with Crippen LogP contribution in [0.25, 0.3) is 0 Å². The van der Waals surface area contributed by atoms with Crippen LogP contribution >= 0.6 is 15.9 Å². The third-order valence-corrected chi connectivity index (χ3v) is 8.06. The molecule has 1 aromatic heterocycles. The highest BCUT2D eigenvalue weighted by Gasteiger charge is 2.40. The highest BCUT2D eigenvalue weighted by atomic mass is 79.9. The fourth-order valence-electron chi connectivity index (χ4n) is 5.69. The number of nitrogens with zero attached hydrogens (tertiary/aromatic N) is 3. The van der Waals surface area contributed by atoms with E-state index >= 15 is 0 Å². The van der Waals surface area contributed by atoms with Gasteiger partial charge < -0.3 is 10.1 Å². The van der Waals surface area contributed by atoms with Gasteiger partial charge in [-0.1, -0.05) is 53.0 Å². The van der Waals surface area contributed by atoms with E-state index in [1.165, 1.54) is 11.6 Å². The van der Waals surface area contributed by atoms with Gasteiger partial charge >= 0.3 is 5.97 Å². The Balaban J connectivity index is 1.47. The molecule has 1 aliphatic carbocycles. The van der Waals surface area contributed by atoms with Crippen LogP contribution in [0, 0.1) is 10.1 Å². The molecule has 0 spiro atoms. The number of anilines is 1. The molecular weight excluding hydrogens is 548 g/mol. The summed E-state index contributed by atoms with van der Waals surface area (Å²) in [6, 6.07) is 14.7. The average molecular weight is 579 g/mol. The molecule has 3 aromatic rings. The number of allylic oxidation sites excluding steroid dienone is 1. The van der Waals surface area contributed by atoms with Gasteiger partial charge in [0.15, 0.2) is 0 Å². The first kappa shape index (κ1) is 26.2. The summed E-state index contributed by atoms with van der Waals surface area (Å²) in [5.74, 6) is 0.214. The summed E-state index contributed by atoms with van der Waals surface area (Å²) in [7, 11) is 1.90. The molecule has 5 rings (SSSR count). The lowest BCUT2D eigenvalue weighted by Crippen LogP contribution is -2.26. The van der Waals surface area contributed by atoms with E-state index in [1.807, 2.05) is 36.9 Å². The second kappa shape index (κ2) is 11.1. The maximum Gasteiger partial charge on any atom is 0.336 e. The number of esters is 1. The largest absolute Gasteiger partial charge is 0.462 e. The Hall–Kier alpha value is -3.46. The van der Waals surface area contributed by atoms with Crippen LogP contribution in [0.5, 0.6) is 0 Å². The Morgan fingerprint density at radius 2 is 1.95 bits per heavy atom. The van der Waals surface area contributed by atoms with Crippen molar-refractivity contribution in [3.63, 3.8) is 0 Å². The molecule has 0 radical (unpaired) electrons. The molecule has 1 unspecified atom stereocenters. The molecule has 38 heavy (non-hydrogen) atoms. The number of rotatable bonds is 8. The standard InChI is InChI=1S/C29H31BrN4O4/c1-18-24(29(35)38-16-6-7-19-12-14-22(30)15-13-19)25(21-10-5-11-23(17-21)34(36)37)26-27(20-8-3-4-9-20)32-33(2)28(26)31-18/h5,10-15,17,20,25,31H,3-4,6-9,16H2,1-2H3. The summed E-state index contributed by atoms with van der Waals surface area (Å²) in [6.07, 6.45) is 5.87. The smallest absolute Gasteiger partial charge is 0.336 e. The first-order chi connectivity index (χ1) is 18.3. The summed E-state index contributed by atoms with van der Waals surface area (Å²) < 4.78 is 8.66. The molecular formula is C29H31BrN4O4. The zero-order valence-corrected chi connectivity index (χ0v) is 23.2. The third kappa shape index (κ3) is 5.25. The van der Waals surface area contributed by atoms with Gasteiger partial charge in [-0.15, -0.1) is 0 Å². The quantitative estimate of drug-likeness (QED) is 0.137. The topological polar surface area (TPSA) is 99.3 Å². The van der Waals surface area contributed by atoms with E-state index < -0.39 is 16.8 Å². The van der Waals surface area contributed by atoms with Crippen molar-refractivity contribution >= 4 is 33.4 Å². The highest BCUT2D eigenvalue weighted by Crippen LogP contribution is 2.48. The van der Waals surface area contributed by atoms with Crippen molar-refractivity contribution in [1.82, 2.24) is 9.78 Å². The van der Waals surface area contributed by atoms with Crippen molar-refractivity contribution < 1.29 is 14.5 Å². The Morgan fingerprint density at radius 3 is 2.66 bits per heavy atom. The van der Waals surface area contributed by atoms with Gasteiger partial charge in [-0.2, -0.15) is 5.10 Å². The van der Waals surface area contributed by atoms with Gasteiger partial charge in [0.1, 0.15) is 5.82 Å². The maximum atomic E-state index is 13.6. The molecule has 2 aliphatic rings. The minimum atomic E-state index is -0.505. The van der Waals surface area contributed by atoms with E-state index in [4.69, 9.17) is 9.84 Å². The number of nitrogens with one attached hydrogen (secondary N) is 1. The van der Waals surface area contributed by atoms with Crippen molar-refractivity contribution in [3.05, 3.63) is 96.8 Å². The summed E-state index contributed by atoms with van der Waals surface area (Å²) in [4.78, 5) is 24.9. The lowest BCUT2D eigenvalue weighted by atomic mass is 9.79. The summed E-state index contributed by atoms with van der Waals surface area (Å²) in [5.41, 5.74) is 4.91. The first-order valence-corrected chi connectivity index (χ1v) is 13.8. The molecule has 1 N–H and O–H groups in total. The van der Waals surface area contributed by atoms with Crippen LogP contribution in [-0.2, 0) is 23.0 Å². The van der Waals surface area contributed by atoms with Crippen molar-refractivity contribution in [1.29, 1.82) is 0 Å². The zero-order valence-electron chi connectivity index (χ0n) is 21.6. The number of hydrogen-bond acceptors (Lipinski definition) is 6. The fourth-order valence-corrected chi connectivity index (χ4v) is 5.96. The third-order valence-electron chi connectivity index (χ3n) is 7.53. The van der Waals surface area contributed by atoms with Gasteiger partial charge in [-0.05, 0) is 55.9 Å². The second-order valence-corrected chi connectivity index (χ2v) is 11.0. The van der Waals surface area contributed by atoms with Crippen LogP contribution in [0.4, 0.5) is 11.5 Å². The van der Waals surface area contributed by atoms with Crippen LogP contribution in [-0.4, -0.2) is 27.3 Å². The minimum absolute atomic E-state index is 0.00578. The van der Waals surface area contributed by atoms with Gasteiger partial charge in [0.2, 0.25) is 0 Å². The van der Waals surface area contributed by atoms with Gasteiger partial charge in [0.05, 0.1) is 22.8 Å². The number of aryl methyl sites for hydroxylation is 2. The molecule has 2 heterocycles. The van der Waals surface area contributed by atoms with Crippen molar-refractivity contribution in [3.8, 4) is 0 Å². The van der Waals surface area contributed by atoms with Crippen LogP contribution < -0.4 is 5.32 Å². The van der Waals surface area contributed by atoms with Crippen molar-refractivity contribution in [2.75, 3.05) is 11.9 Å². The van der Waals surface area contributed by atoms with Gasteiger partial charge in [0.25, 0.3) is 5.69 Å². The fraction of sp³-hybridized carbons (Fsp3) is 0.379. The Morgan fingerprint density at radius 1 is 1.21 bits per heavy atom. The molecule has 0 amide bonds.